The van der Waals surface area contributed by atoms with Crippen molar-refractivity contribution in [2.75, 3.05) is 57.9 Å². The Kier molecular flexibility index (Phi) is 6.41. The number of aromatic nitrogens is 1. The van der Waals surface area contributed by atoms with Crippen LogP contribution in [0, 0.1) is 5.82 Å². The number of pyridine rings is 1. The van der Waals surface area contributed by atoms with Crippen LogP contribution >= 0.6 is 0 Å². The van der Waals surface area contributed by atoms with Gasteiger partial charge in [-0.25, -0.2) is 4.39 Å². The molecular formula is C31H33FN6O3. The fourth-order valence-corrected chi connectivity index (χ4v) is 6.27. The van der Waals surface area contributed by atoms with E-state index >= 15 is 4.39 Å². The highest BCUT2D eigenvalue weighted by Gasteiger charge is 2.33. The Morgan fingerprint density at radius 2 is 1.90 bits per heavy atom. The molecule has 2 fully saturated rings. The van der Waals surface area contributed by atoms with Crippen molar-refractivity contribution in [2.45, 2.75) is 18.9 Å². The Morgan fingerprint density at radius 3 is 2.68 bits per heavy atom. The average Bonchev–Trinajstić information content (AvgIpc) is 3.27. The lowest BCUT2D eigenvalue weighted by Crippen LogP contribution is -2.41. The van der Waals surface area contributed by atoms with Crippen molar-refractivity contribution in [2.24, 2.45) is 5.73 Å². The fraction of sp³-hybridized carbons (Fsp3) is 0.355. The van der Waals surface area contributed by atoms with E-state index in [4.69, 9.17) is 10.5 Å². The van der Waals surface area contributed by atoms with E-state index in [0.717, 1.165) is 49.8 Å². The molecule has 3 N–H and O–H groups in total. The zero-order valence-electron chi connectivity index (χ0n) is 23.0. The number of rotatable bonds is 4. The summed E-state index contributed by atoms with van der Waals surface area (Å²) in [6, 6.07) is 12.9. The maximum Gasteiger partial charge on any atom is 0.257 e. The van der Waals surface area contributed by atoms with Crippen LogP contribution in [0.1, 0.15) is 23.2 Å². The number of nitrogens with zero attached hydrogens (tertiary/aromatic N) is 4. The Bertz CT molecular complexity index is 1750. The molecule has 1 aromatic heterocycles. The predicted molar refractivity (Wildman–Crippen MR) is 158 cm³/mol. The minimum Gasteiger partial charge on any atom is -0.451 e. The summed E-state index contributed by atoms with van der Waals surface area (Å²) in [5, 5.41) is 4.99. The number of nitrogens with one attached hydrogen (secondary N) is 1. The monoisotopic (exact) mass is 556 g/mol. The van der Waals surface area contributed by atoms with E-state index in [1.807, 2.05) is 45.9 Å². The Balaban J connectivity index is 1.37. The molecular weight excluding hydrogens is 523 g/mol. The lowest BCUT2D eigenvalue weighted by Gasteiger charge is -2.29. The molecule has 41 heavy (non-hydrogen) atoms. The van der Waals surface area contributed by atoms with Crippen molar-refractivity contribution in [3.05, 3.63) is 70.3 Å². The SMILES string of the molecule is CN1CCCN(CNC(=O)c2cn3c4c(c(N5CCC(N)C5)c(F)cc4c2=O)Oc2cc4ccccc4cc2-3)CC1. The van der Waals surface area contributed by atoms with Crippen LogP contribution < -0.4 is 26.1 Å². The first-order chi connectivity index (χ1) is 19.9. The highest BCUT2D eigenvalue weighted by Crippen LogP contribution is 2.48. The molecule has 3 aliphatic rings. The van der Waals surface area contributed by atoms with E-state index in [0.29, 0.717) is 42.4 Å². The minimum atomic E-state index is -0.569. The molecule has 0 radical (unpaired) electrons. The summed E-state index contributed by atoms with van der Waals surface area (Å²) in [5.74, 6) is -0.254. The van der Waals surface area contributed by atoms with Gasteiger partial charge in [0.1, 0.15) is 16.8 Å². The van der Waals surface area contributed by atoms with Gasteiger partial charge in [0, 0.05) is 45.0 Å². The third-order valence-corrected chi connectivity index (χ3v) is 8.53. The van der Waals surface area contributed by atoms with Crippen LogP contribution in [-0.2, 0) is 0 Å². The normalized spacial score (nSPS) is 19.3. The molecule has 1 unspecified atom stereocenters. The second-order valence-corrected chi connectivity index (χ2v) is 11.4. The molecule has 2 saturated heterocycles. The standard InChI is InChI=1S/C31H33FN6O3/c1-35-8-4-9-36(12-11-35)18-34-31(40)23-17-38-25-13-19-5-2-3-6-20(19)14-26(25)41-30-27(38)22(29(23)39)15-24(32)28(30)37-10-7-21(33)16-37/h2-3,5-6,13-15,17,21H,4,7-12,16,18,33H2,1H3,(H,34,40). The van der Waals surface area contributed by atoms with Crippen LogP contribution in [0.4, 0.5) is 10.1 Å². The van der Waals surface area contributed by atoms with Crippen LogP contribution in [0.3, 0.4) is 0 Å². The van der Waals surface area contributed by atoms with Crippen LogP contribution in [0.5, 0.6) is 11.5 Å². The van der Waals surface area contributed by atoms with Crippen LogP contribution in [0.2, 0.25) is 0 Å². The van der Waals surface area contributed by atoms with Gasteiger partial charge in [0.2, 0.25) is 5.43 Å². The second-order valence-electron chi connectivity index (χ2n) is 11.4. The summed E-state index contributed by atoms with van der Waals surface area (Å²) in [6.45, 7) is 5.02. The van der Waals surface area contributed by atoms with Gasteiger partial charge in [-0.15, -0.1) is 0 Å². The first kappa shape index (κ1) is 25.9. The third-order valence-electron chi connectivity index (χ3n) is 8.53. The number of fused-ring (bicyclic) bond motifs is 3. The summed E-state index contributed by atoms with van der Waals surface area (Å²) < 4.78 is 24.1. The molecule has 0 saturated carbocycles. The number of hydrogen-bond acceptors (Lipinski definition) is 7. The molecule has 3 aliphatic heterocycles. The predicted octanol–water partition coefficient (Wildman–Crippen LogP) is 3.25. The van der Waals surface area contributed by atoms with Gasteiger partial charge in [-0.2, -0.15) is 0 Å². The largest absolute Gasteiger partial charge is 0.451 e. The topological polar surface area (TPSA) is 96.1 Å². The lowest BCUT2D eigenvalue weighted by molar-refractivity contribution is 0.0922. The number of halogens is 1. The van der Waals surface area contributed by atoms with E-state index in [1.165, 1.54) is 6.07 Å². The number of ether oxygens (including phenoxy) is 1. The van der Waals surface area contributed by atoms with Gasteiger partial charge in [0.15, 0.2) is 17.3 Å². The first-order valence-electron chi connectivity index (χ1n) is 14.2. The molecule has 4 aromatic rings. The van der Waals surface area contributed by atoms with Gasteiger partial charge >= 0.3 is 0 Å². The number of anilines is 1. The van der Waals surface area contributed by atoms with E-state index in [9.17, 15) is 9.59 Å². The molecule has 0 spiro atoms. The van der Waals surface area contributed by atoms with E-state index in [1.54, 1.807) is 6.20 Å². The van der Waals surface area contributed by atoms with Gasteiger partial charge < -0.3 is 30.2 Å². The number of benzene rings is 3. The van der Waals surface area contributed by atoms with Crippen molar-refractivity contribution in [3.63, 3.8) is 0 Å². The molecule has 9 nitrogen and oxygen atoms in total. The molecule has 3 aromatic carbocycles. The summed E-state index contributed by atoms with van der Waals surface area (Å²) in [4.78, 5) is 33.6. The smallest absolute Gasteiger partial charge is 0.257 e. The van der Waals surface area contributed by atoms with Crippen LogP contribution in [-0.4, -0.2) is 79.3 Å². The average molecular weight is 557 g/mol. The fourth-order valence-electron chi connectivity index (χ4n) is 6.27. The summed E-state index contributed by atoms with van der Waals surface area (Å²) >= 11 is 0. The van der Waals surface area contributed by atoms with Crippen LogP contribution in [0.15, 0.2) is 53.5 Å². The van der Waals surface area contributed by atoms with Gasteiger partial charge in [-0.05, 0) is 55.4 Å². The van der Waals surface area contributed by atoms with Crippen molar-refractivity contribution in [1.82, 2.24) is 19.7 Å². The molecule has 1 atom stereocenters. The zero-order chi connectivity index (χ0) is 28.2. The Morgan fingerprint density at radius 1 is 1.10 bits per heavy atom. The first-order valence-corrected chi connectivity index (χ1v) is 14.2. The van der Waals surface area contributed by atoms with Gasteiger partial charge in [0.25, 0.3) is 5.91 Å². The molecule has 212 valence electrons. The molecule has 7 rings (SSSR count). The number of carbonyl (C=O) groups is 1. The van der Waals surface area contributed by atoms with Gasteiger partial charge in [-0.3, -0.25) is 14.5 Å². The Hall–Kier alpha value is -3.99. The van der Waals surface area contributed by atoms with Crippen molar-refractivity contribution in [3.8, 4) is 17.2 Å². The summed E-state index contributed by atoms with van der Waals surface area (Å²) in [7, 11) is 2.09. The maximum absolute atomic E-state index is 15.9. The quantitative estimate of drug-likeness (QED) is 0.351. The number of amides is 1. The van der Waals surface area contributed by atoms with Gasteiger partial charge in [0.05, 0.1) is 17.7 Å². The minimum absolute atomic E-state index is 0.0354. The van der Waals surface area contributed by atoms with Crippen molar-refractivity contribution < 1.29 is 13.9 Å². The second kappa shape index (κ2) is 10.1. The van der Waals surface area contributed by atoms with Crippen molar-refractivity contribution >= 4 is 33.3 Å². The molecule has 0 bridgehead atoms. The summed E-state index contributed by atoms with van der Waals surface area (Å²) in [6.07, 6.45) is 3.32. The molecule has 1 amide bonds. The van der Waals surface area contributed by atoms with E-state index in [2.05, 4.69) is 22.2 Å². The molecule has 10 heteroatoms. The Labute approximate surface area is 236 Å². The number of carbonyl (C=O) groups excluding carboxylic acids is 1. The number of nitrogens with two attached hydrogens (primary N) is 1. The van der Waals surface area contributed by atoms with Crippen molar-refractivity contribution in [1.29, 1.82) is 0 Å². The molecule has 4 heterocycles. The third kappa shape index (κ3) is 4.52. The summed E-state index contributed by atoms with van der Waals surface area (Å²) in [5.41, 5.74) is 7.02. The highest BCUT2D eigenvalue weighted by atomic mass is 19.1. The van der Waals surface area contributed by atoms with Gasteiger partial charge in [-0.1, -0.05) is 24.3 Å². The number of hydrogen-bond donors (Lipinski definition) is 2. The maximum atomic E-state index is 15.9. The van der Waals surface area contributed by atoms with Crippen LogP contribution in [0.25, 0.3) is 27.4 Å². The lowest BCUT2D eigenvalue weighted by atomic mass is 10.0. The zero-order valence-corrected chi connectivity index (χ0v) is 23.0. The number of likely N-dealkylation sites (N-methyl/N-ethyl adjacent to an activating group) is 1. The molecule has 0 aliphatic carbocycles. The van der Waals surface area contributed by atoms with E-state index in [-0.39, 0.29) is 22.7 Å². The van der Waals surface area contributed by atoms with E-state index < -0.39 is 17.2 Å². The highest BCUT2D eigenvalue weighted by molar-refractivity contribution is 6.02.